The second-order valence-corrected chi connectivity index (χ2v) is 7.74. The molecule has 0 radical (unpaired) electrons. The number of ether oxygens (including phenoxy) is 2. The van der Waals surface area contributed by atoms with Crippen LogP contribution in [0.25, 0.3) is 0 Å². The highest BCUT2D eigenvalue weighted by molar-refractivity contribution is 7.89. The van der Waals surface area contributed by atoms with E-state index in [1.165, 1.54) is 0 Å². The minimum Gasteiger partial charge on any atom is -0.493 e. The summed E-state index contributed by atoms with van der Waals surface area (Å²) in [5.74, 6) is 1.41. The molecular formula is C19H26N2O4S. The van der Waals surface area contributed by atoms with E-state index in [-0.39, 0.29) is 10.9 Å². The third-order valence-corrected chi connectivity index (χ3v) is 5.08. The van der Waals surface area contributed by atoms with Crippen LogP contribution in [0.5, 0.6) is 11.5 Å². The van der Waals surface area contributed by atoms with E-state index in [1.54, 1.807) is 26.2 Å². The Morgan fingerprint density at radius 1 is 1.15 bits per heavy atom. The van der Waals surface area contributed by atoms with Gasteiger partial charge in [0.25, 0.3) is 0 Å². The molecule has 2 aromatic rings. The number of sulfonamides is 1. The Kier molecular flexibility index (Phi) is 7.02. The first-order valence-corrected chi connectivity index (χ1v) is 9.97. The summed E-state index contributed by atoms with van der Waals surface area (Å²) in [5.41, 5.74) is 1.58. The van der Waals surface area contributed by atoms with Crippen molar-refractivity contribution >= 4 is 10.0 Å². The molecule has 1 unspecified atom stereocenters. The zero-order valence-electron chi connectivity index (χ0n) is 15.4. The van der Waals surface area contributed by atoms with Gasteiger partial charge >= 0.3 is 0 Å². The summed E-state index contributed by atoms with van der Waals surface area (Å²) in [6.45, 7) is 4.96. The van der Waals surface area contributed by atoms with Crippen LogP contribution in [0.3, 0.4) is 0 Å². The zero-order chi connectivity index (χ0) is 19.2. The molecule has 0 heterocycles. The van der Waals surface area contributed by atoms with Gasteiger partial charge in [0.1, 0.15) is 6.61 Å². The Hall–Kier alpha value is -2.09. The Bertz CT molecular complexity index is 837. The fraction of sp³-hybridized carbons (Fsp3) is 0.368. The molecule has 142 valence electrons. The summed E-state index contributed by atoms with van der Waals surface area (Å²) in [4.78, 5) is 0.183. The highest BCUT2D eigenvalue weighted by atomic mass is 32.2. The number of hydrogen-bond donors (Lipinski definition) is 2. The third kappa shape index (κ3) is 5.72. The van der Waals surface area contributed by atoms with Gasteiger partial charge in [0, 0.05) is 6.04 Å². The minimum atomic E-state index is -3.70. The lowest BCUT2D eigenvalue weighted by Crippen LogP contribution is -2.33. The van der Waals surface area contributed by atoms with Crippen LogP contribution < -0.4 is 19.9 Å². The van der Waals surface area contributed by atoms with Gasteiger partial charge < -0.3 is 14.8 Å². The van der Waals surface area contributed by atoms with Crippen LogP contribution in [0.2, 0.25) is 0 Å². The Morgan fingerprint density at radius 2 is 1.85 bits per heavy atom. The van der Waals surface area contributed by atoms with E-state index >= 15 is 0 Å². The number of nitrogens with two attached hydrogens (primary N) is 1. The van der Waals surface area contributed by atoms with Crippen molar-refractivity contribution in [2.75, 3.05) is 20.3 Å². The van der Waals surface area contributed by atoms with Crippen LogP contribution in [0.15, 0.2) is 47.4 Å². The monoisotopic (exact) mass is 378 g/mol. The van der Waals surface area contributed by atoms with Crippen molar-refractivity contribution in [1.29, 1.82) is 0 Å². The largest absolute Gasteiger partial charge is 0.493 e. The highest BCUT2D eigenvalue weighted by Gasteiger charge is 2.12. The van der Waals surface area contributed by atoms with Crippen molar-refractivity contribution in [2.45, 2.75) is 31.2 Å². The number of methoxy groups -OCH3 is 1. The maximum atomic E-state index is 11.6. The molecule has 0 aliphatic carbocycles. The van der Waals surface area contributed by atoms with Gasteiger partial charge in [-0.05, 0) is 56.1 Å². The second-order valence-electron chi connectivity index (χ2n) is 6.21. The van der Waals surface area contributed by atoms with Gasteiger partial charge in [0.2, 0.25) is 10.0 Å². The van der Waals surface area contributed by atoms with Crippen LogP contribution in [-0.4, -0.2) is 34.7 Å². The molecule has 6 nitrogen and oxygen atoms in total. The summed E-state index contributed by atoms with van der Waals surface area (Å²) in [6.07, 6.45) is 0.696. The normalized spacial score (nSPS) is 12.6. The van der Waals surface area contributed by atoms with Gasteiger partial charge in [-0.1, -0.05) is 24.3 Å². The molecule has 0 spiro atoms. The Labute approximate surface area is 155 Å². The summed E-state index contributed by atoms with van der Waals surface area (Å²) in [5, 5.41) is 8.62. The molecule has 0 saturated heterocycles. The van der Waals surface area contributed by atoms with Crippen molar-refractivity contribution < 1.29 is 17.9 Å². The van der Waals surface area contributed by atoms with E-state index in [0.717, 1.165) is 5.56 Å². The standard InChI is InChI=1S/C19H26N2O4S/c1-14-8-9-16(12-19(14)26(20,22)23)10-11-21-15(2)13-25-18-7-5-4-6-17(18)24-3/h4-9,12,15,21H,10-11,13H2,1-3H3,(H2,20,22,23). The first kappa shape index (κ1) is 20.2. The van der Waals surface area contributed by atoms with Crippen LogP contribution in [-0.2, 0) is 16.4 Å². The predicted octanol–water partition coefficient (Wildman–Crippen LogP) is 2.25. The summed E-state index contributed by atoms with van der Waals surface area (Å²) in [7, 11) is -2.08. The first-order chi connectivity index (χ1) is 12.3. The van der Waals surface area contributed by atoms with Gasteiger partial charge in [-0.15, -0.1) is 0 Å². The predicted molar refractivity (Wildman–Crippen MR) is 102 cm³/mol. The van der Waals surface area contributed by atoms with Crippen molar-refractivity contribution in [3.8, 4) is 11.5 Å². The second kappa shape index (κ2) is 9.02. The Morgan fingerprint density at radius 3 is 2.50 bits per heavy atom. The van der Waals surface area contributed by atoms with E-state index in [4.69, 9.17) is 14.6 Å². The van der Waals surface area contributed by atoms with Crippen molar-refractivity contribution in [1.82, 2.24) is 5.32 Å². The summed E-state index contributed by atoms with van der Waals surface area (Å²) >= 11 is 0. The highest BCUT2D eigenvalue weighted by Crippen LogP contribution is 2.25. The average molecular weight is 378 g/mol. The van der Waals surface area contributed by atoms with Crippen LogP contribution >= 0.6 is 0 Å². The molecule has 0 fully saturated rings. The molecule has 0 saturated carbocycles. The van der Waals surface area contributed by atoms with Crippen molar-refractivity contribution in [3.63, 3.8) is 0 Å². The molecule has 0 aliphatic heterocycles. The fourth-order valence-electron chi connectivity index (χ4n) is 2.58. The van der Waals surface area contributed by atoms with E-state index in [9.17, 15) is 8.42 Å². The van der Waals surface area contributed by atoms with Crippen molar-refractivity contribution in [2.24, 2.45) is 5.14 Å². The quantitative estimate of drug-likeness (QED) is 0.698. The van der Waals surface area contributed by atoms with Gasteiger partial charge in [-0.3, -0.25) is 0 Å². The topological polar surface area (TPSA) is 90.7 Å². The smallest absolute Gasteiger partial charge is 0.238 e. The number of primary sulfonamides is 1. The van der Waals surface area contributed by atoms with Crippen LogP contribution in [0.1, 0.15) is 18.1 Å². The SMILES string of the molecule is COc1ccccc1OCC(C)NCCc1ccc(C)c(S(N)(=O)=O)c1. The molecule has 0 aliphatic rings. The molecular weight excluding hydrogens is 352 g/mol. The summed E-state index contributed by atoms with van der Waals surface area (Å²) < 4.78 is 34.2. The Balaban J connectivity index is 1.84. The number of para-hydroxylation sites is 2. The van der Waals surface area contributed by atoms with E-state index in [0.29, 0.717) is 36.6 Å². The lowest BCUT2D eigenvalue weighted by Gasteiger charge is -2.16. The fourth-order valence-corrected chi connectivity index (χ4v) is 3.41. The summed E-state index contributed by atoms with van der Waals surface area (Å²) in [6, 6.07) is 13.0. The molecule has 0 aromatic heterocycles. The molecule has 2 aromatic carbocycles. The average Bonchev–Trinajstić information content (AvgIpc) is 2.60. The molecule has 2 rings (SSSR count). The lowest BCUT2D eigenvalue weighted by molar-refractivity contribution is 0.260. The van der Waals surface area contributed by atoms with Crippen molar-refractivity contribution in [3.05, 3.63) is 53.6 Å². The van der Waals surface area contributed by atoms with Crippen LogP contribution in [0.4, 0.5) is 0 Å². The van der Waals surface area contributed by atoms with E-state index in [1.807, 2.05) is 37.3 Å². The number of nitrogens with one attached hydrogen (secondary N) is 1. The molecule has 0 bridgehead atoms. The maximum absolute atomic E-state index is 11.6. The number of rotatable bonds is 9. The zero-order valence-corrected chi connectivity index (χ0v) is 16.2. The van der Waals surface area contributed by atoms with Crippen LogP contribution in [0, 0.1) is 6.92 Å². The van der Waals surface area contributed by atoms with Gasteiger partial charge in [0.15, 0.2) is 11.5 Å². The van der Waals surface area contributed by atoms with Gasteiger partial charge in [0.05, 0.1) is 12.0 Å². The first-order valence-electron chi connectivity index (χ1n) is 8.43. The van der Waals surface area contributed by atoms with E-state index in [2.05, 4.69) is 5.32 Å². The molecule has 26 heavy (non-hydrogen) atoms. The third-order valence-electron chi connectivity index (χ3n) is 4.02. The maximum Gasteiger partial charge on any atom is 0.238 e. The number of hydrogen-bond acceptors (Lipinski definition) is 5. The molecule has 3 N–H and O–H groups in total. The van der Waals surface area contributed by atoms with Gasteiger partial charge in [-0.2, -0.15) is 0 Å². The number of aryl methyl sites for hydroxylation is 1. The molecule has 1 atom stereocenters. The molecule has 7 heteroatoms. The van der Waals surface area contributed by atoms with E-state index < -0.39 is 10.0 Å². The molecule has 0 amide bonds. The minimum absolute atomic E-state index is 0.128. The lowest BCUT2D eigenvalue weighted by atomic mass is 10.1. The number of benzene rings is 2. The van der Waals surface area contributed by atoms with Gasteiger partial charge in [-0.25, -0.2) is 13.6 Å².